The predicted molar refractivity (Wildman–Crippen MR) is 86.7 cm³/mol. The van der Waals surface area contributed by atoms with E-state index in [-0.39, 0.29) is 0 Å². The minimum absolute atomic E-state index is 0.403. The minimum Gasteiger partial charge on any atom is -0.443 e. The molecule has 0 unspecified atom stereocenters. The molecule has 1 rings (SSSR count). The average Bonchev–Trinajstić information content (AvgIpc) is 2.42. The van der Waals surface area contributed by atoms with Gasteiger partial charge in [0.2, 0.25) is 0 Å². The van der Waals surface area contributed by atoms with Gasteiger partial charge >= 0.3 is 6.09 Å². The maximum atomic E-state index is 12.4. The van der Waals surface area contributed by atoms with Gasteiger partial charge in [0.15, 0.2) is 0 Å². The molecule has 3 heteroatoms. The fraction of sp³-hybridized carbons (Fsp3) is 0.278. The molecule has 0 saturated heterocycles. The van der Waals surface area contributed by atoms with E-state index in [2.05, 4.69) is 13.2 Å². The molecule has 0 spiro atoms. The van der Waals surface area contributed by atoms with Crippen LogP contribution in [0.3, 0.4) is 0 Å². The number of hydrogen-bond acceptors (Lipinski definition) is 2. The summed E-state index contributed by atoms with van der Waals surface area (Å²) in [5, 5.41) is 0. The van der Waals surface area contributed by atoms with E-state index < -0.39 is 11.7 Å². The molecular formula is C18H23NO2. The second kappa shape index (κ2) is 7.48. The first-order chi connectivity index (χ1) is 9.87. The number of carbonyl (C=O) groups is 1. The maximum absolute atomic E-state index is 12.4. The van der Waals surface area contributed by atoms with Gasteiger partial charge in [-0.3, -0.25) is 4.90 Å². The van der Waals surface area contributed by atoms with Gasteiger partial charge in [0.25, 0.3) is 0 Å². The highest BCUT2D eigenvalue weighted by Gasteiger charge is 2.23. The molecule has 1 aromatic carbocycles. The van der Waals surface area contributed by atoms with Gasteiger partial charge in [-0.25, -0.2) is 4.79 Å². The second-order valence-electron chi connectivity index (χ2n) is 5.58. The molecule has 0 bridgehead atoms. The summed E-state index contributed by atoms with van der Waals surface area (Å²) in [6, 6.07) is 9.74. The van der Waals surface area contributed by atoms with Gasteiger partial charge in [0.05, 0.1) is 6.54 Å². The van der Waals surface area contributed by atoms with Crippen LogP contribution >= 0.6 is 0 Å². The highest BCUT2D eigenvalue weighted by molar-refractivity contribution is 5.71. The predicted octanol–water partition coefficient (Wildman–Crippen LogP) is 4.68. The van der Waals surface area contributed by atoms with E-state index in [1.165, 1.54) is 0 Å². The van der Waals surface area contributed by atoms with Crippen LogP contribution in [0.4, 0.5) is 4.79 Å². The number of allylic oxidation sites excluding steroid dienone is 3. The Morgan fingerprint density at radius 2 is 1.86 bits per heavy atom. The van der Waals surface area contributed by atoms with Crippen LogP contribution in [-0.4, -0.2) is 16.6 Å². The SMILES string of the molecule is C=C/C=C(\C=C)N(Cc1ccccc1)C(=O)OC(C)(C)C. The summed E-state index contributed by atoms with van der Waals surface area (Å²) in [5.74, 6) is 0. The summed E-state index contributed by atoms with van der Waals surface area (Å²) in [6.45, 7) is 13.4. The first-order valence-electron chi connectivity index (χ1n) is 6.87. The van der Waals surface area contributed by atoms with Crippen molar-refractivity contribution in [2.24, 2.45) is 0 Å². The smallest absolute Gasteiger partial charge is 0.415 e. The lowest BCUT2D eigenvalue weighted by molar-refractivity contribution is 0.0307. The van der Waals surface area contributed by atoms with E-state index in [0.717, 1.165) is 5.56 Å². The normalized spacial score (nSPS) is 11.7. The van der Waals surface area contributed by atoms with E-state index in [4.69, 9.17) is 4.74 Å². The number of ether oxygens (including phenoxy) is 1. The molecule has 0 fully saturated rings. The van der Waals surface area contributed by atoms with E-state index in [9.17, 15) is 4.79 Å². The summed E-state index contributed by atoms with van der Waals surface area (Å²) in [4.78, 5) is 14.0. The molecule has 1 amide bonds. The highest BCUT2D eigenvalue weighted by Crippen LogP contribution is 2.17. The zero-order valence-electron chi connectivity index (χ0n) is 13.0. The van der Waals surface area contributed by atoms with Gasteiger partial charge in [0, 0.05) is 5.70 Å². The van der Waals surface area contributed by atoms with Crippen LogP contribution in [0.5, 0.6) is 0 Å². The molecule has 1 aromatic rings. The van der Waals surface area contributed by atoms with E-state index in [1.807, 2.05) is 51.1 Å². The molecule has 0 aromatic heterocycles. The van der Waals surface area contributed by atoms with Gasteiger partial charge in [0.1, 0.15) is 5.60 Å². The Kier molecular flexibility index (Phi) is 5.97. The van der Waals surface area contributed by atoms with Crippen LogP contribution < -0.4 is 0 Å². The van der Waals surface area contributed by atoms with Crippen LogP contribution in [-0.2, 0) is 11.3 Å². The molecule has 0 N–H and O–H groups in total. The summed E-state index contributed by atoms with van der Waals surface area (Å²) in [7, 11) is 0. The lowest BCUT2D eigenvalue weighted by Gasteiger charge is -2.28. The summed E-state index contributed by atoms with van der Waals surface area (Å²) in [5.41, 5.74) is 1.12. The molecule has 0 saturated carbocycles. The molecule has 0 aliphatic heterocycles. The molecule has 3 nitrogen and oxygen atoms in total. The molecule has 0 atom stereocenters. The van der Waals surface area contributed by atoms with Crippen molar-refractivity contribution >= 4 is 6.09 Å². The molecule has 0 aliphatic carbocycles. The monoisotopic (exact) mass is 285 g/mol. The highest BCUT2D eigenvalue weighted by atomic mass is 16.6. The third-order valence-corrected chi connectivity index (χ3v) is 2.61. The Balaban J connectivity index is 3.05. The van der Waals surface area contributed by atoms with Crippen molar-refractivity contribution in [2.75, 3.05) is 0 Å². The van der Waals surface area contributed by atoms with Crippen molar-refractivity contribution < 1.29 is 9.53 Å². The van der Waals surface area contributed by atoms with Crippen LogP contribution in [0.1, 0.15) is 26.3 Å². The summed E-state index contributed by atoms with van der Waals surface area (Å²) >= 11 is 0. The Morgan fingerprint density at radius 1 is 1.24 bits per heavy atom. The summed E-state index contributed by atoms with van der Waals surface area (Å²) in [6.07, 6.45) is 4.58. The molecule has 112 valence electrons. The van der Waals surface area contributed by atoms with Crippen LogP contribution in [0.15, 0.2) is 67.4 Å². The Labute approximate surface area is 127 Å². The number of amides is 1. The van der Waals surface area contributed by atoms with Crippen LogP contribution in [0.2, 0.25) is 0 Å². The fourth-order valence-corrected chi connectivity index (χ4v) is 1.73. The largest absolute Gasteiger partial charge is 0.443 e. The van der Waals surface area contributed by atoms with Crippen molar-refractivity contribution in [3.8, 4) is 0 Å². The molecule has 0 heterocycles. The zero-order chi connectivity index (χ0) is 15.9. The van der Waals surface area contributed by atoms with Gasteiger partial charge in [-0.1, -0.05) is 49.6 Å². The van der Waals surface area contributed by atoms with E-state index >= 15 is 0 Å². The first kappa shape index (κ1) is 16.8. The number of carbonyl (C=O) groups excluding carboxylic acids is 1. The quantitative estimate of drug-likeness (QED) is 0.735. The Morgan fingerprint density at radius 3 is 2.33 bits per heavy atom. The van der Waals surface area contributed by atoms with Gasteiger partial charge < -0.3 is 4.74 Å². The standard InChI is InChI=1S/C18H23NO2/c1-6-11-16(7-2)19(17(20)21-18(3,4)5)14-15-12-9-8-10-13-15/h6-13H,1-2,14H2,3-5H3/b16-11+. The van der Waals surface area contributed by atoms with Crippen molar-refractivity contribution in [3.05, 3.63) is 73.0 Å². The third-order valence-electron chi connectivity index (χ3n) is 2.61. The molecule has 0 radical (unpaired) electrons. The molecule has 21 heavy (non-hydrogen) atoms. The van der Waals surface area contributed by atoms with Crippen molar-refractivity contribution in [3.63, 3.8) is 0 Å². The second-order valence-corrected chi connectivity index (χ2v) is 5.58. The van der Waals surface area contributed by atoms with Crippen LogP contribution in [0.25, 0.3) is 0 Å². The van der Waals surface area contributed by atoms with E-state index in [1.54, 1.807) is 23.1 Å². The maximum Gasteiger partial charge on any atom is 0.415 e. The van der Waals surface area contributed by atoms with Crippen molar-refractivity contribution in [2.45, 2.75) is 32.9 Å². The zero-order valence-corrected chi connectivity index (χ0v) is 13.0. The van der Waals surface area contributed by atoms with Crippen molar-refractivity contribution in [1.82, 2.24) is 4.90 Å². The number of hydrogen-bond donors (Lipinski definition) is 0. The van der Waals surface area contributed by atoms with Crippen LogP contribution in [0, 0.1) is 0 Å². The first-order valence-corrected chi connectivity index (χ1v) is 6.87. The molecular weight excluding hydrogens is 262 g/mol. The lowest BCUT2D eigenvalue weighted by atomic mass is 10.2. The van der Waals surface area contributed by atoms with Gasteiger partial charge in [-0.05, 0) is 38.5 Å². The Bertz CT molecular complexity index is 524. The third kappa shape index (κ3) is 5.69. The Hall–Kier alpha value is -2.29. The minimum atomic E-state index is -0.549. The van der Waals surface area contributed by atoms with E-state index in [0.29, 0.717) is 12.2 Å². The number of nitrogens with zero attached hydrogens (tertiary/aromatic N) is 1. The number of benzene rings is 1. The topological polar surface area (TPSA) is 29.5 Å². The van der Waals surface area contributed by atoms with Crippen molar-refractivity contribution in [1.29, 1.82) is 0 Å². The average molecular weight is 285 g/mol. The fourth-order valence-electron chi connectivity index (χ4n) is 1.73. The van der Waals surface area contributed by atoms with Gasteiger partial charge in [-0.2, -0.15) is 0 Å². The molecule has 0 aliphatic rings. The summed E-state index contributed by atoms with van der Waals surface area (Å²) < 4.78 is 5.47. The lowest BCUT2D eigenvalue weighted by Crippen LogP contribution is -2.35. The van der Waals surface area contributed by atoms with Gasteiger partial charge in [-0.15, -0.1) is 0 Å². The number of rotatable bonds is 5.